The highest BCUT2D eigenvalue weighted by Crippen LogP contribution is 2.21. The molecule has 3 aromatic rings. The normalized spacial score (nSPS) is 13.4. The Morgan fingerprint density at radius 1 is 1.03 bits per heavy atom. The lowest BCUT2D eigenvalue weighted by atomic mass is 10.2. The van der Waals surface area contributed by atoms with Gasteiger partial charge in [0.15, 0.2) is 0 Å². The molecule has 0 atom stereocenters. The number of nitrogens with zero attached hydrogens (tertiary/aromatic N) is 7. The molecule has 1 aliphatic rings. The van der Waals surface area contributed by atoms with E-state index < -0.39 is 0 Å². The number of carbonyl (C=O) groups is 1. The predicted octanol–water partition coefficient (Wildman–Crippen LogP) is 2.17. The van der Waals surface area contributed by atoms with Crippen LogP contribution in [0.3, 0.4) is 0 Å². The van der Waals surface area contributed by atoms with Crippen LogP contribution in [0.1, 0.15) is 12.5 Å². The summed E-state index contributed by atoms with van der Waals surface area (Å²) in [6, 6.07) is 13.1. The average molecular weight is 415 g/mol. The second-order valence-electron chi connectivity index (χ2n) is 6.96. The van der Waals surface area contributed by atoms with Crippen LogP contribution in [0.15, 0.2) is 48.9 Å². The van der Waals surface area contributed by atoms with Crippen molar-refractivity contribution in [3.63, 3.8) is 0 Å². The van der Waals surface area contributed by atoms with Crippen molar-refractivity contribution in [2.45, 2.75) is 6.92 Å². The molecule has 0 aliphatic carbocycles. The highest BCUT2D eigenvalue weighted by Gasteiger charge is 2.22. The van der Waals surface area contributed by atoms with Crippen LogP contribution in [0, 0.1) is 11.3 Å². The maximum absolute atomic E-state index is 11.3. The number of nitrogens with one attached hydrogen (secondary N) is 2. The molecule has 1 saturated heterocycles. The second-order valence-corrected chi connectivity index (χ2v) is 6.96. The largest absolute Gasteiger partial charge is 0.352 e. The Hall–Kier alpha value is -4.26. The number of benzene rings is 1. The van der Waals surface area contributed by atoms with E-state index in [1.165, 1.54) is 13.3 Å². The Kier molecular flexibility index (Phi) is 5.84. The molecular formula is C21H21N9O. The van der Waals surface area contributed by atoms with Crippen molar-refractivity contribution >= 4 is 35.0 Å². The van der Waals surface area contributed by atoms with E-state index in [1.54, 1.807) is 18.3 Å². The number of hydrogen-bond acceptors (Lipinski definition) is 9. The van der Waals surface area contributed by atoms with E-state index in [0.29, 0.717) is 55.1 Å². The molecule has 4 rings (SSSR count). The first-order chi connectivity index (χ1) is 15.1. The molecule has 0 saturated carbocycles. The summed E-state index contributed by atoms with van der Waals surface area (Å²) in [5, 5.41) is 15.2. The molecule has 31 heavy (non-hydrogen) atoms. The van der Waals surface area contributed by atoms with Crippen molar-refractivity contribution in [3.05, 3.63) is 54.5 Å². The molecule has 0 spiro atoms. The van der Waals surface area contributed by atoms with Gasteiger partial charge < -0.3 is 20.4 Å². The van der Waals surface area contributed by atoms with Gasteiger partial charge in [0.25, 0.3) is 0 Å². The molecule has 2 N–H and O–H groups in total. The molecule has 1 fully saturated rings. The summed E-state index contributed by atoms with van der Waals surface area (Å²) in [5.41, 5.74) is 2.02. The van der Waals surface area contributed by atoms with Crippen molar-refractivity contribution < 1.29 is 4.79 Å². The highest BCUT2D eigenvalue weighted by molar-refractivity contribution is 5.89. The van der Waals surface area contributed by atoms with Gasteiger partial charge >= 0.3 is 0 Å². The van der Waals surface area contributed by atoms with Gasteiger partial charge in [0.1, 0.15) is 18.2 Å². The number of hydrogen-bond donors (Lipinski definition) is 2. The van der Waals surface area contributed by atoms with Gasteiger partial charge in [-0.2, -0.15) is 10.2 Å². The molecule has 0 unspecified atom stereocenters. The van der Waals surface area contributed by atoms with Gasteiger partial charge in [0, 0.05) is 50.7 Å². The van der Waals surface area contributed by atoms with Crippen molar-refractivity contribution in [2.24, 2.45) is 0 Å². The number of pyridine rings is 1. The third kappa shape index (κ3) is 4.84. The molecule has 156 valence electrons. The highest BCUT2D eigenvalue weighted by atomic mass is 16.1. The Morgan fingerprint density at radius 3 is 2.58 bits per heavy atom. The van der Waals surface area contributed by atoms with E-state index in [9.17, 15) is 10.1 Å². The van der Waals surface area contributed by atoms with Gasteiger partial charge in [0.2, 0.25) is 17.8 Å². The Morgan fingerprint density at radius 2 is 1.81 bits per heavy atom. The molecule has 3 heterocycles. The minimum Gasteiger partial charge on any atom is -0.352 e. The summed E-state index contributed by atoms with van der Waals surface area (Å²) in [6.07, 6.45) is 3.18. The van der Waals surface area contributed by atoms with Crippen molar-refractivity contribution in [3.8, 4) is 6.07 Å². The molecule has 10 heteroatoms. The van der Waals surface area contributed by atoms with Crippen LogP contribution in [0.4, 0.5) is 29.1 Å². The van der Waals surface area contributed by atoms with E-state index in [2.05, 4.69) is 46.4 Å². The van der Waals surface area contributed by atoms with Gasteiger partial charge in [-0.25, -0.2) is 15.0 Å². The maximum Gasteiger partial charge on any atom is 0.231 e. The SMILES string of the molecule is CC(=O)Nc1cccc(Nc2ncnc(N3CCN(c4ncccc4C#N)CC3)n2)c1. The van der Waals surface area contributed by atoms with Gasteiger partial charge in [-0.15, -0.1) is 0 Å². The van der Waals surface area contributed by atoms with Crippen molar-refractivity contribution in [1.82, 2.24) is 19.9 Å². The van der Waals surface area contributed by atoms with E-state index in [1.807, 2.05) is 24.3 Å². The number of nitriles is 1. The summed E-state index contributed by atoms with van der Waals surface area (Å²) in [5.74, 6) is 1.58. The van der Waals surface area contributed by atoms with E-state index in [4.69, 9.17) is 0 Å². The minimum atomic E-state index is -0.133. The summed E-state index contributed by atoms with van der Waals surface area (Å²) in [7, 11) is 0. The lowest BCUT2D eigenvalue weighted by Crippen LogP contribution is -2.47. The van der Waals surface area contributed by atoms with E-state index in [-0.39, 0.29) is 5.91 Å². The fourth-order valence-corrected chi connectivity index (χ4v) is 3.36. The molecule has 1 amide bonds. The Balaban J connectivity index is 1.43. The van der Waals surface area contributed by atoms with Crippen LogP contribution in [-0.2, 0) is 4.79 Å². The number of amides is 1. The average Bonchev–Trinajstić information content (AvgIpc) is 2.79. The van der Waals surface area contributed by atoms with Crippen LogP contribution in [0.25, 0.3) is 0 Å². The first-order valence-electron chi connectivity index (χ1n) is 9.81. The van der Waals surface area contributed by atoms with Crippen molar-refractivity contribution in [2.75, 3.05) is 46.6 Å². The molecule has 0 radical (unpaired) electrons. The molecule has 0 bridgehead atoms. The third-order valence-electron chi connectivity index (χ3n) is 4.77. The summed E-state index contributed by atoms with van der Waals surface area (Å²) < 4.78 is 0. The van der Waals surface area contributed by atoms with Gasteiger partial charge in [-0.05, 0) is 30.3 Å². The first-order valence-corrected chi connectivity index (χ1v) is 9.81. The zero-order chi connectivity index (χ0) is 21.6. The van der Waals surface area contributed by atoms with Gasteiger partial charge in [-0.1, -0.05) is 6.07 Å². The Bertz CT molecular complexity index is 1120. The second kappa shape index (κ2) is 9.04. The van der Waals surface area contributed by atoms with E-state index >= 15 is 0 Å². The number of anilines is 5. The molecule has 1 aromatic carbocycles. The molecule has 1 aliphatic heterocycles. The lowest BCUT2D eigenvalue weighted by molar-refractivity contribution is -0.114. The maximum atomic E-state index is 11.3. The van der Waals surface area contributed by atoms with Crippen LogP contribution < -0.4 is 20.4 Å². The number of aromatic nitrogens is 4. The van der Waals surface area contributed by atoms with Gasteiger partial charge in [0.05, 0.1) is 5.56 Å². The zero-order valence-corrected chi connectivity index (χ0v) is 17.0. The van der Waals surface area contributed by atoms with Crippen LogP contribution in [0.2, 0.25) is 0 Å². The summed E-state index contributed by atoms with van der Waals surface area (Å²) >= 11 is 0. The molecule has 2 aromatic heterocycles. The standard InChI is InChI=1S/C21H21N9O/c1-15(31)26-17-5-2-6-18(12-17)27-20-24-14-25-21(28-20)30-10-8-29(9-11-30)19-16(13-22)4-3-7-23-19/h2-7,12,14H,8-11H2,1H3,(H,26,31)(H,24,25,27,28). The monoisotopic (exact) mass is 415 g/mol. The van der Waals surface area contributed by atoms with Crippen LogP contribution in [-0.4, -0.2) is 52.0 Å². The fourth-order valence-electron chi connectivity index (χ4n) is 3.36. The first kappa shape index (κ1) is 20.0. The van der Waals surface area contributed by atoms with E-state index in [0.717, 1.165) is 5.69 Å². The topological polar surface area (TPSA) is 123 Å². The molecular weight excluding hydrogens is 394 g/mol. The zero-order valence-electron chi connectivity index (χ0n) is 17.0. The van der Waals surface area contributed by atoms with Crippen molar-refractivity contribution in [1.29, 1.82) is 5.26 Å². The predicted molar refractivity (Wildman–Crippen MR) is 117 cm³/mol. The number of rotatable bonds is 5. The van der Waals surface area contributed by atoms with Crippen LogP contribution >= 0.6 is 0 Å². The fraction of sp³-hybridized carbons (Fsp3) is 0.238. The van der Waals surface area contributed by atoms with Crippen LogP contribution in [0.5, 0.6) is 0 Å². The Labute approximate surface area is 179 Å². The summed E-state index contributed by atoms with van der Waals surface area (Å²) in [4.78, 5) is 32.8. The minimum absolute atomic E-state index is 0.133. The van der Waals surface area contributed by atoms with Gasteiger partial charge in [-0.3, -0.25) is 4.79 Å². The number of piperazine rings is 1. The smallest absolute Gasteiger partial charge is 0.231 e. The molecule has 10 nitrogen and oxygen atoms in total. The number of carbonyl (C=O) groups excluding carboxylic acids is 1. The quantitative estimate of drug-likeness (QED) is 0.645. The third-order valence-corrected chi connectivity index (χ3v) is 4.77. The summed E-state index contributed by atoms with van der Waals surface area (Å²) in [6.45, 7) is 4.27. The lowest BCUT2D eigenvalue weighted by Gasteiger charge is -2.35.